The van der Waals surface area contributed by atoms with Crippen LogP contribution in [0.5, 0.6) is 5.75 Å². The molecule has 2 rings (SSSR count). The van der Waals surface area contributed by atoms with Crippen LogP contribution >= 0.6 is 0 Å². The number of para-hydroxylation sites is 1. The second-order valence-electron chi connectivity index (χ2n) is 4.26. The molecular formula is C16H17NO. The lowest BCUT2D eigenvalue weighted by Gasteiger charge is -2.08. The summed E-state index contributed by atoms with van der Waals surface area (Å²) in [4.78, 5) is 0. The van der Waals surface area contributed by atoms with E-state index in [9.17, 15) is 0 Å². The number of anilines is 2. The molecule has 2 heteroatoms. The molecule has 0 aromatic heterocycles. The topological polar surface area (TPSA) is 21.3 Å². The third-order valence-corrected chi connectivity index (χ3v) is 2.40. The number of rotatable bonds is 5. The smallest absolute Gasteiger partial charge is 0.119 e. The molecule has 0 atom stereocenters. The van der Waals surface area contributed by atoms with Crippen molar-refractivity contribution < 1.29 is 4.74 Å². The van der Waals surface area contributed by atoms with Crippen molar-refractivity contribution in [3.05, 3.63) is 66.7 Å². The Morgan fingerprint density at radius 2 is 1.61 bits per heavy atom. The van der Waals surface area contributed by atoms with E-state index in [1.807, 2.05) is 61.5 Å². The quantitative estimate of drug-likeness (QED) is 0.781. The van der Waals surface area contributed by atoms with Gasteiger partial charge < -0.3 is 10.1 Å². The fraction of sp³-hybridized carbons (Fsp3) is 0.125. The Morgan fingerprint density at radius 1 is 1.00 bits per heavy atom. The molecule has 0 amide bonds. The maximum Gasteiger partial charge on any atom is 0.119 e. The Balaban J connectivity index is 1.97. The highest BCUT2D eigenvalue weighted by atomic mass is 16.5. The van der Waals surface area contributed by atoms with Crippen molar-refractivity contribution in [2.24, 2.45) is 0 Å². The second-order valence-corrected chi connectivity index (χ2v) is 4.26. The fourth-order valence-corrected chi connectivity index (χ4v) is 1.53. The summed E-state index contributed by atoms with van der Waals surface area (Å²) < 4.78 is 5.55. The van der Waals surface area contributed by atoms with Gasteiger partial charge in [0.05, 0.1) is 0 Å². The Labute approximate surface area is 108 Å². The molecular weight excluding hydrogens is 222 g/mol. The second kappa shape index (κ2) is 5.92. The minimum absolute atomic E-state index is 0.561. The first-order valence-electron chi connectivity index (χ1n) is 5.93. The molecule has 2 aromatic rings. The van der Waals surface area contributed by atoms with Gasteiger partial charge in [0.2, 0.25) is 0 Å². The normalized spacial score (nSPS) is 9.83. The number of ether oxygens (including phenoxy) is 1. The first-order chi connectivity index (χ1) is 8.74. The SMILES string of the molecule is C=C(C)COc1ccc(Nc2ccccc2)cc1. The van der Waals surface area contributed by atoms with Crippen molar-refractivity contribution in [2.75, 3.05) is 11.9 Å². The molecule has 0 heterocycles. The lowest BCUT2D eigenvalue weighted by Crippen LogP contribution is -1.97. The average molecular weight is 239 g/mol. The maximum absolute atomic E-state index is 5.55. The molecule has 0 fully saturated rings. The zero-order valence-corrected chi connectivity index (χ0v) is 10.5. The summed E-state index contributed by atoms with van der Waals surface area (Å²) in [5, 5.41) is 3.32. The van der Waals surface area contributed by atoms with E-state index in [0.29, 0.717) is 6.61 Å². The van der Waals surface area contributed by atoms with Crippen LogP contribution in [-0.4, -0.2) is 6.61 Å². The van der Waals surface area contributed by atoms with Gasteiger partial charge in [0.1, 0.15) is 12.4 Å². The van der Waals surface area contributed by atoms with Gasteiger partial charge in [-0.1, -0.05) is 24.8 Å². The van der Waals surface area contributed by atoms with Gasteiger partial charge in [-0.05, 0) is 48.9 Å². The zero-order valence-electron chi connectivity index (χ0n) is 10.5. The summed E-state index contributed by atoms with van der Waals surface area (Å²) in [6.07, 6.45) is 0. The number of benzene rings is 2. The summed E-state index contributed by atoms with van der Waals surface area (Å²) in [7, 11) is 0. The van der Waals surface area contributed by atoms with E-state index in [2.05, 4.69) is 11.9 Å². The summed E-state index contributed by atoms with van der Waals surface area (Å²) in [5.41, 5.74) is 3.14. The van der Waals surface area contributed by atoms with E-state index in [1.54, 1.807) is 0 Å². The van der Waals surface area contributed by atoms with E-state index in [0.717, 1.165) is 22.7 Å². The molecule has 18 heavy (non-hydrogen) atoms. The summed E-state index contributed by atoms with van der Waals surface area (Å²) in [6, 6.07) is 18.0. The summed E-state index contributed by atoms with van der Waals surface area (Å²) in [6.45, 7) is 6.32. The van der Waals surface area contributed by atoms with Crippen LogP contribution < -0.4 is 10.1 Å². The molecule has 2 nitrogen and oxygen atoms in total. The highest BCUT2D eigenvalue weighted by Gasteiger charge is 1.96. The summed E-state index contributed by atoms with van der Waals surface area (Å²) in [5.74, 6) is 0.858. The molecule has 92 valence electrons. The van der Waals surface area contributed by atoms with Crippen molar-refractivity contribution in [1.82, 2.24) is 0 Å². The van der Waals surface area contributed by atoms with Crippen molar-refractivity contribution in [3.8, 4) is 5.75 Å². The van der Waals surface area contributed by atoms with Crippen LogP contribution in [0.2, 0.25) is 0 Å². The Morgan fingerprint density at radius 3 is 2.22 bits per heavy atom. The van der Waals surface area contributed by atoms with E-state index in [4.69, 9.17) is 4.74 Å². The van der Waals surface area contributed by atoms with Crippen LogP contribution in [0.3, 0.4) is 0 Å². The molecule has 0 aliphatic heterocycles. The fourth-order valence-electron chi connectivity index (χ4n) is 1.53. The molecule has 0 bridgehead atoms. The van der Waals surface area contributed by atoms with Gasteiger partial charge >= 0.3 is 0 Å². The van der Waals surface area contributed by atoms with Gasteiger partial charge in [-0.3, -0.25) is 0 Å². The lowest BCUT2D eigenvalue weighted by atomic mass is 10.2. The monoisotopic (exact) mass is 239 g/mol. The van der Waals surface area contributed by atoms with Crippen molar-refractivity contribution in [2.45, 2.75) is 6.92 Å². The van der Waals surface area contributed by atoms with Gasteiger partial charge in [-0.15, -0.1) is 0 Å². The molecule has 2 aromatic carbocycles. The lowest BCUT2D eigenvalue weighted by molar-refractivity contribution is 0.353. The van der Waals surface area contributed by atoms with E-state index in [-0.39, 0.29) is 0 Å². The first kappa shape index (κ1) is 12.2. The van der Waals surface area contributed by atoms with Gasteiger partial charge in [0.15, 0.2) is 0 Å². The zero-order chi connectivity index (χ0) is 12.8. The van der Waals surface area contributed by atoms with Gasteiger partial charge in [-0.2, -0.15) is 0 Å². The predicted octanol–water partition coefficient (Wildman–Crippen LogP) is 4.39. The highest BCUT2D eigenvalue weighted by Crippen LogP contribution is 2.19. The molecule has 0 aliphatic carbocycles. The molecule has 0 radical (unpaired) electrons. The molecule has 0 saturated carbocycles. The largest absolute Gasteiger partial charge is 0.489 e. The van der Waals surface area contributed by atoms with E-state index < -0.39 is 0 Å². The third kappa shape index (κ3) is 3.67. The highest BCUT2D eigenvalue weighted by molar-refractivity contribution is 5.59. The van der Waals surface area contributed by atoms with Gasteiger partial charge in [0, 0.05) is 11.4 Å². The average Bonchev–Trinajstić information content (AvgIpc) is 2.39. The minimum Gasteiger partial charge on any atom is -0.489 e. The van der Waals surface area contributed by atoms with Crippen molar-refractivity contribution in [1.29, 1.82) is 0 Å². The van der Waals surface area contributed by atoms with Crippen molar-refractivity contribution in [3.63, 3.8) is 0 Å². The Hall–Kier alpha value is -2.22. The molecule has 1 N–H and O–H groups in total. The number of nitrogens with one attached hydrogen (secondary N) is 1. The maximum atomic E-state index is 5.55. The number of hydrogen-bond donors (Lipinski definition) is 1. The molecule has 0 unspecified atom stereocenters. The summed E-state index contributed by atoms with van der Waals surface area (Å²) >= 11 is 0. The molecule has 0 spiro atoms. The van der Waals surface area contributed by atoms with E-state index >= 15 is 0 Å². The van der Waals surface area contributed by atoms with Crippen LogP contribution in [0.15, 0.2) is 66.7 Å². The predicted molar refractivity (Wildman–Crippen MR) is 76.5 cm³/mol. The standard InChI is InChI=1S/C16H17NO/c1-13(2)12-18-16-10-8-15(9-11-16)17-14-6-4-3-5-7-14/h3-11,17H,1,12H2,2H3. The van der Waals surface area contributed by atoms with Crippen LogP contribution in [0, 0.1) is 0 Å². The Bertz CT molecular complexity index is 502. The van der Waals surface area contributed by atoms with Crippen LogP contribution in [0.4, 0.5) is 11.4 Å². The van der Waals surface area contributed by atoms with E-state index in [1.165, 1.54) is 0 Å². The molecule has 0 aliphatic rings. The van der Waals surface area contributed by atoms with Crippen molar-refractivity contribution >= 4 is 11.4 Å². The molecule has 0 saturated heterocycles. The third-order valence-electron chi connectivity index (χ3n) is 2.40. The van der Waals surface area contributed by atoms with Crippen LogP contribution in [0.25, 0.3) is 0 Å². The van der Waals surface area contributed by atoms with Crippen LogP contribution in [0.1, 0.15) is 6.92 Å². The minimum atomic E-state index is 0.561. The number of hydrogen-bond acceptors (Lipinski definition) is 2. The van der Waals surface area contributed by atoms with Gasteiger partial charge in [0.25, 0.3) is 0 Å². The van der Waals surface area contributed by atoms with Crippen LogP contribution in [-0.2, 0) is 0 Å². The van der Waals surface area contributed by atoms with Gasteiger partial charge in [-0.25, -0.2) is 0 Å². The Kier molecular flexibility index (Phi) is 4.02. The first-order valence-corrected chi connectivity index (χ1v) is 5.93.